The van der Waals surface area contributed by atoms with E-state index < -0.39 is 17.8 Å². The van der Waals surface area contributed by atoms with E-state index >= 15 is 0 Å². The van der Waals surface area contributed by atoms with E-state index in [1.807, 2.05) is 12.1 Å². The Morgan fingerprint density at radius 3 is 2.47 bits per heavy atom. The molecule has 3 aromatic carbocycles. The number of hydrogen-bond donors (Lipinski definition) is 0. The lowest BCUT2D eigenvalue weighted by molar-refractivity contribution is -0.129. The number of benzene rings is 3. The molecule has 5 nitrogen and oxygen atoms in total. The highest BCUT2D eigenvalue weighted by molar-refractivity contribution is 9.10. The highest BCUT2D eigenvalue weighted by Gasteiger charge is 2.24. The number of rotatable bonds is 4. The van der Waals surface area contributed by atoms with Crippen LogP contribution in [-0.4, -0.2) is 17.8 Å². The Bertz CT molecular complexity index is 1180. The lowest BCUT2D eigenvalue weighted by Crippen LogP contribution is -2.08. The normalized spacial score (nSPS) is 14.4. The van der Waals surface area contributed by atoms with Gasteiger partial charge in [-0.05, 0) is 66.2 Å². The predicted molar refractivity (Wildman–Crippen MR) is 113 cm³/mol. The Balaban J connectivity index is 1.48. The van der Waals surface area contributed by atoms with Gasteiger partial charge in [0.2, 0.25) is 5.90 Å². The van der Waals surface area contributed by atoms with Crippen molar-refractivity contribution < 1.29 is 23.5 Å². The van der Waals surface area contributed by atoms with Crippen molar-refractivity contribution in [3.05, 3.63) is 105 Å². The van der Waals surface area contributed by atoms with Gasteiger partial charge in [-0.2, -0.15) is 0 Å². The molecular formula is C23H13BrFNO4. The van der Waals surface area contributed by atoms with Crippen molar-refractivity contribution in [3.8, 4) is 5.75 Å². The van der Waals surface area contributed by atoms with Gasteiger partial charge in [-0.1, -0.05) is 34.1 Å². The summed E-state index contributed by atoms with van der Waals surface area (Å²) in [4.78, 5) is 28.5. The van der Waals surface area contributed by atoms with Crippen molar-refractivity contribution >= 4 is 39.8 Å². The molecular weight excluding hydrogens is 453 g/mol. The number of cyclic esters (lactones) is 1. The monoisotopic (exact) mass is 465 g/mol. The lowest BCUT2D eigenvalue weighted by Gasteiger charge is -2.04. The van der Waals surface area contributed by atoms with Gasteiger partial charge in [0.15, 0.2) is 5.70 Å². The number of carbonyl (C=O) groups is 2. The van der Waals surface area contributed by atoms with E-state index in [9.17, 15) is 14.0 Å². The van der Waals surface area contributed by atoms with Crippen molar-refractivity contribution in [1.29, 1.82) is 0 Å². The molecule has 0 radical (unpaired) electrons. The minimum atomic E-state index is -0.594. The maximum atomic E-state index is 13.0. The number of carbonyl (C=O) groups excluding carboxylic acids is 2. The van der Waals surface area contributed by atoms with Gasteiger partial charge in [-0.25, -0.2) is 19.0 Å². The molecule has 0 bridgehead atoms. The number of hydrogen-bond acceptors (Lipinski definition) is 5. The molecule has 3 aromatic rings. The molecule has 0 N–H and O–H groups in total. The molecule has 0 amide bonds. The van der Waals surface area contributed by atoms with Crippen LogP contribution in [0.25, 0.3) is 6.08 Å². The second-order valence-electron chi connectivity index (χ2n) is 6.31. The third-order valence-corrected chi connectivity index (χ3v) is 4.66. The average Bonchev–Trinajstić information content (AvgIpc) is 3.10. The zero-order valence-electron chi connectivity index (χ0n) is 15.3. The van der Waals surface area contributed by atoms with E-state index in [-0.39, 0.29) is 17.2 Å². The minimum Gasteiger partial charge on any atom is -0.423 e. The summed E-state index contributed by atoms with van der Waals surface area (Å²) in [5.74, 6) is -1.02. The molecule has 0 fully saturated rings. The van der Waals surface area contributed by atoms with Crippen LogP contribution in [0.5, 0.6) is 5.75 Å². The second kappa shape index (κ2) is 8.42. The van der Waals surface area contributed by atoms with Gasteiger partial charge in [-0.3, -0.25) is 0 Å². The molecule has 0 aromatic heterocycles. The van der Waals surface area contributed by atoms with E-state index in [0.29, 0.717) is 16.9 Å². The highest BCUT2D eigenvalue weighted by Crippen LogP contribution is 2.22. The third kappa shape index (κ3) is 4.52. The van der Waals surface area contributed by atoms with Crippen molar-refractivity contribution in [3.63, 3.8) is 0 Å². The molecule has 0 spiro atoms. The zero-order valence-corrected chi connectivity index (χ0v) is 16.9. The summed E-state index contributed by atoms with van der Waals surface area (Å²) in [6, 6.07) is 18.9. The van der Waals surface area contributed by atoms with E-state index in [0.717, 1.165) is 4.47 Å². The van der Waals surface area contributed by atoms with Crippen LogP contribution >= 0.6 is 15.9 Å². The quantitative estimate of drug-likeness (QED) is 0.303. The number of aliphatic imine (C=N–C) groups is 1. The standard InChI is InChI=1S/C23H13BrFNO4/c24-17-3-1-2-16(13-17)21-26-20(23(28)30-21)12-14-4-10-19(11-5-14)29-22(27)15-6-8-18(25)9-7-15/h1-13H/b20-12+. The van der Waals surface area contributed by atoms with Crippen molar-refractivity contribution in [1.82, 2.24) is 0 Å². The molecule has 30 heavy (non-hydrogen) atoms. The van der Waals surface area contributed by atoms with E-state index in [4.69, 9.17) is 9.47 Å². The molecule has 0 saturated heterocycles. The Labute approximate surface area is 179 Å². The zero-order chi connectivity index (χ0) is 21.1. The lowest BCUT2D eigenvalue weighted by atomic mass is 10.2. The Morgan fingerprint density at radius 1 is 1.03 bits per heavy atom. The summed E-state index contributed by atoms with van der Waals surface area (Å²) in [6.45, 7) is 0. The van der Waals surface area contributed by atoms with Crippen molar-refractivity contribution in [2.24, 2.45) is 4.99 Å². The second-order valence-corrected chi connectivity index (χ2v) is 7.23. The van der Waals surface area contributed by atoms with Gasteiger partial charge in [-0.15, -0.1) is 0 Å². The number of nitrogens with zero attached hydrogens (tertiary/aromatic N) is 1. The Morgan fingerprint density at radius 2 is 1.77 bits per heavy atom. The number of halogens is 2. The molecule has 0 aliphatic carbocycles. The van der Waals surface area contributed by atoms with Crippen LogP contribution < -0.4 is 4.74 Å². The van der Waals surface area contributed by atoms with Gasteiger partial charge in [0.25, 0.3) is 0 Å². The van der Waals surface area contributed by atoms with Crippen LogP contribution in [0.3, 0.4) is 0 Å². The first-order valence-corrected chi connectivity index (χ1v) is 9.63. The largest absolute Gasteiger partial charge is 0.423 e. The topological polar surface area (TPSA) is 65.0 Å². The maximum Gasteiger partial charge on any atom is 0.363 e. The van der Waals surface area contributed by atoms with Gasteiger partial charge in [0.05, 0.1) is 5.56 Å². The molecule has 1 aliphatic heterocycles. The fourth-order valence-electron chi connectivity index (χ4n) is 2.70. The van der Waals surface area contributed by atoms with Crippen molar-refractivity contribution in [2.75, 3.05) is 0 Å². The summed E-state index contributed by atoms with van der Waals surface area (Å²) >= 11 is 3.37. The molecule has 0 atom stereocenters. The maximum absolute atomic E-state index is 13.0. The molecule has 148 valence electrons. The van der Waals surface area contributed by atoms with Crippen molar-refractivity contribution in [2.45, 2.75) is 0 Å². The first-order valence-electron chi connectivity index (χ1n) is 8.84. The molecule has 4 rings (SSSR count). The summed E-state index contributed by atoms with van der Waals surface area (Å²) in [5.41, 5.74) is 1.78. The third-order valence-electron chi connectivity index (χ3n) is 4.17. The number of esters is 2. The van der Waals surface area contributed by atoms with Gasteiger partial charge in [0.1, 0.15) is 11.6 Å². The first kappa shape index (κ1) is 19.7. The SMILES string of the molecule is O=C1OC(c2cccc(Br)c2)=N/C1=C/c1ccc(OC(=O)c2ccc(F)cc2)cc1. The highest BCUT2D eigenvalue weighted by atomic mass is 79.9. The fraction of sp³-hybridized carbons (Fsp3) is 0. The van der Waals surface area contributed by atoms with Crippen LogP contribution in [-0.2, 0) is 9.53 Å². The first-order chi connectivity index (χ1) is 14.5. The predicted octanol–water partition coefficient (Wildman–Crippen LogP) is 5.15. The van der Waals surface area contributed by atoms with Gasteiger partial charge in [0, 0.05) is 10.0 Å². The van der Waals surface area contributed by atoms with Crippen LogP contribution in [0.15, 0.2) is 88.0 Å². The van der Waals surface area contributed by atoms with Crippen LogP contribution in [0, 0.1) is 5.82 Å². The minimum absolute atomic E-state index is 0.168. The fourth-order valence-corrected chi connectivity index (χ4v) is 3.10. The molecule has 0 unspecified atom stereocenters. The van der Waals surface area contributed by atoms with E-state index in [1.165, 1.54) is 24.3 Å². The average molecular weight is 466 g/mol. The van der Waals surface area contributed by atoms with E-state index in [2.05, 4.69) is 20.9 Å². The summed E-state index contributed by atoms with van der Waals surface area (Å²) in [6.07, 6.45) is 1.58. The van der Waals surface area contributed by atoms with Gasteiger partial charge >= 0.3 is 11.9 Å². The summed E-state index contributed by atoms with van der Waals surface area (Å²) in [5, 5.41) is 0. The molecule has 7 heteroatoms. The summed E-state index contributed by atoms with van der Waals surface area (Å²) in [7, 11) is 0. The Hall–Kier alpha value is -3.58. The van der Waals surface area contributed by atoms with E-state index in [1.54, 1.807) is 42.5 Å². The molecule has 0 saturated carbocycles. The smallest absolute Gasteiger partial charge is 0.363 e. The summed E-state index contributed by atoms with van der Waals surface area (Å²) < 4.78 is 24.3. The molecule has 1 heterocycles. The van der Waals surface area contributed by atoms with Gasteiger partial charge < -0.3 is 9.47 Å². The Kier molecular flexibility index (Phi) is 5.54. The number of ether oxygens (including phenoxy) is 2. The van der Waals surface area contributed by atoms with Crippen LogP contribution in [0.2, 0.25) is 0 Å². The molecule has 1 aliphatic rings. The van der Waals surface area contributed by atoms with Crippen LogP contribution in [0.1, 0.15) is 21.5 Å². The van der Waals surface area contributed by atoms with Crippen LogP contribution in [0.4, 0.5) is 4.39 Å².